The van der Waals surface area contributed by atoms with E-state index in [0.29, 0.717) is 13.2 Å². The molecular weight excluding hydrogens is 387 g/mol. The third-order valence-corrected chi connectivity index (χ3v) is 4.86. The quantitative estimate of drug-likeness (QED) is 0.502. The Kier molecular flexibility index (Phi) is 6.10. The molecule has 0 aliphatic carbocycles. The molecule has 0 amide bonds. The van der Waals surface area contributed by atoms with Crippen LogP contribution in [0, 0.1) is 0 Å². The highest BCUT2D eigenvalue weighted by molar-refractivity contribution is 5.73. The van der Waals surface area contributed by atoms with Crippen LogP contribution in [0.5, 0.6) is 0 Å². The van der Waals surface area contributed by atoms with Gasteiger partial charge in [0.2, 0.25) is 5.82 Å². The van der Waals surface area contributed by atoms with Gasteiger partial charge in [0.1, 0.15) is 5.69 Å². The maximum atomic E-state index is 13.0. The molecule has 0 spiro atoms. The number of alkyl halides is 3. The molecule has 29 heavy (non-hydrogen) atoms. The Morgan fingerprint density at radius 3 is 2.59 bits per heavy atom. The molecule has 0 bridgehead atoms. The molecule has 8 nitrogen and oxygen atoms in total. The summed E-state index contributed by atoms with van der Waals surface area (Å²) in [5, 5.41) is 1.07. The summed E-state index contributed by atoms with van der Waals surface area (Å²) in [6.45, 7) is 4.24. The zero-order chi connectivity index (χ0) is 21.2. The van der Waals surface area contributed by atoms with Crippen molar-refractivity contribution in [1.82, 2.24) is 14.9 Å². The van der Waals surface area contributed by atoms with Crippen molar-refractivity contribution < 1.29 is 17.9 Å². The summed E-state index contributed by atoms with van der Waals surface area (Å²) < 4.78 is 45.0. The first-order valence-electron chi connectivity index (χ1n) is 9.08. The summed E-state index contributed by atoms with van der Waals surface area (Å²) in [5.74, 6) is 3.95. The molecule has 3 rings (SSSR count). The highest BCUT2D eigenvalue weighted by atomic mass is 19.4. The molecule has 2 unspecified atom stereocenters. The van der Waals surface area contributed by atoms with Gasteiger partial charge in [-0.3, -0.25) is 9.91 Å². The molecule has 158 valence electrons. The number of halogens is 3. The minimum absolute atomic E-state index is 0.204. The molecule has 1 aliphatic rings. The Morgan fingerprint density at radius 2 is 1.93 bits per heavy atom. The van der Waals surface area contributed by atoms with Gasteiger partial charge in [-0.2, -0.15) is 13.2 Å². The Balaban J connectivity index is 1.75. The van der Waals surface area contributed by atoms with Gasteiger partial charge in [0.15, 0.2) is 11.6 Å². The third kappa shape index (κ3) is 4.86. The number of anilines is 3. The molecule has 1 aliphatic heterocycles. The van der Waals surface area contributed by atoms with Crippen LogP contribution in [-0.4, -0.2) is 46.7 Å². The van der Waals surface area contributed by atoms with Crippen LogP contribution in [0.25, 0.3) is 0 Å². The minimum atomic E-state index is -4.77. The fourth-order valence-corrected chi connectivity index (χ4v) is 3.18. The predicted molar refractivity (Wildman–Crippen MR) is 103 cm³/mol. The van der Waals surface area contributed by atoms with Crippen LogP contribution < -0.4 is 22.3 Å². The van der Waals surface area contributed by atoms with Gasteiger partial charge in [0, 0.05) is 19.6 Å². The summed E-state index contributed by atoms with van der Waals surface area (Å²) in [4.78, 5) is 8.91. The van der Waals surface area contributed by atoms with E-state index in [2.05, 4.69) is 14.9 Å². The summed E-state index contributed by atoms with van der Waals surface area (Å²) >= 11 is 0. The van der Waals surface area contributed by atoms with Gasteiger partial charge in [-0.05, 0) is 12.5 Å². The van der Waals surface area contributed by atoms with Crippen LogP contribution >= 0.6 is 0 Å². The molecular formula is C18H24F3N7O. The normalized spacial score (nSPS) is 19.1. The van der Waals surface area contributed by atoms with E-state index in [4.69, 9.17) is 22.0 Å². The number of nitrogens with two attached hydrogens (primary N) is 3. The maximum Gasteiger partial charge on any atom is 0.451 e. The molecule has 6 N–H and O–H groups in total. The molecule has 1 aromatic carbocycles. The first-order valence-corrected chi connectivity index (χ1v) is 9.08. The summed E-state index contributed by atoms with van der Waals surface area (Å²) in [6, 6.07) is 9.45. The van der Waals surface area contributed by atoms with E-state index in [1.165, 1.54) is 0 Å². The highest BCUT2D eigenvalue weighted by Crippen LogP contribution is 2.33. The number of hydrogen-bond donors (Lipinski definition) is 3. The number of hydrazine groups is 1. The van der Waals surface area contributed by atoms with Gasteiger partial charge < -0.3 is 16.2 Å². The van der Waals surface area contributed by atoms with Crippen molar-refractivity contribution >= 4 is 17.3 Å². The van der Waals surface area contributed by atoms with Gasteiger partial charge in [0.05, 0.1) is 18.8 Å². The molecule has 1 fully saturated rings. The number of nitrogens with zero attached hydrogens (tertiary/aromatic N) is 4. The van der Waals surface area contributed by atoms with Gasteiger partial charge in [0.25, 0.3) is 0 Å². The number of rotatable bonds is 5. The lowest BCUT2D eigenvalue weighted by Crippen LogP contribution is -2.55. The second-order valence-electron chi connectivity index (χ2n) is 6.95. The van der Waals surface area contributed by atoms with E-state index in [1.54, 1.807) is 6.92 Å². The zero-order valence-electron chi connectivity index (χ0n) is 15.9. The molecule has 1 aromatic heterocycles. The molecule has 11 heteroatoms. The van der Waals surface area contributed by atoms with E-state index in [0.717, 1.165) is 23.7 Å². The molecule has 2 heterocycles. The van der Waals surface area contributed by atoms with Crippen LogP contribution in [0.3, 0.4) is 0 Å². The van der Waals surface area contributed by atoms with E-state index < -0.39 is 23.9 Å². The fourth-order valence-electron chi connectivity index (χ4n) is 3.18. The van der Waals surface area contributed by atoms with E-state index >= 15 is 0 Å². The number of ether oxygens (including phenoxy) is 1. The van der Waals surface area contributed by atoms with Crippen molar-refractivity contribution in [3.8, 4) is 0 Å². The minimum Gasteiger partial charge on any atom is -0.393 e. The topological polar surface area (TPSA) is 120 Å². The smallest absolute Gasteiger partial charge is 0.393 e. The Bertz CT molecular complexity index is 834. The first kappa shape index (κ1) is 21.1. The van der Waals surface area contributed by atoms with Crippen LogP contribution in [0.2, 0.25) is 0 Å². The monoisotopic (exact) mass is 411 g/mol. The molecule has 2 aromatic rings. The average molecular weight is 411 g/mol. The van der Waals surface area contributed by atoms with Crippen molar-refractivity contribution in [1.29, 1.82) is 0 Å². The number of nitrogen functional groups attached to an aromatic ring is 2. The number of aromatic nitrogens is 2. The van der Waals surface area contributed by atoms with Crippen molar-refractivity contribution in [3.63, 3.8) is 0 Å². The molecule has 2 atom stereocenters. The standard InChI is InChI=1S/C18H24F3N7O/c1-11(13-10-27(7-8-29-13)9-12-5-3-2-4-6-12)28(24)16-14(22)15(23)25-17(26-16)18(19,20)21/h2-6,11,13H,7-10,22,24H2,1H3,(H2,23,25,26). The lowest BCUT2D eigenvalue weighted by molar-refractivity contribution is -0.144. The van der Waals surface area contributed by atoms with E-state index in [-0.39, 0.29) is 17.6 Å². The van der Waals surface area contributed by atoms with Crippen LogP contribution in [0.15, 0.2) is 30.3 Å². The third-order valence-electron chi connectivity index (χ3n) is 4.86. The van der Waals surface area contributed by atoms with Gasteiger partial charge in [-0.25, -0.2) is 15.8 Å². The lowest BCUT2D eigenvalue weighted by Gasteiger charge is -2.39. The first-order chi connectivity index (χ1) is 13.7. The SMILES string of the molecule is CC(C1CN(Cc2ccccc2)CCO1)N(N)c1nc(C(F)(F)F)nc(N)c1N. The summed E-state index contributed by atoms with van der Waals surface area (Å²) in [6.07, 6.45) is -5.13. The molecule has 0 radical (unpaired) electrons. The van der Waals surface area contributed by atoms with Crippen molar-refractivity contribution in [2.45, 2.75) is 31.8 Å². The van der Waals surface area contributed by atoms with Crippen molar-refractivity contribution in [2.24, 2.45) is 5.84 Å². The van der Waals surface area contributed by atoms with Crippen LogP contribution in [-0.2, 0) is 17.5 Å². The van der Waals surface area contributed by atoms with Gasteiger partial charge in [-0.1, -0.05) is 30.3 Å². The Labute approximate surface area is 166 Å². The fraction of sp³-hybridized carbons (Fsp3) is 0.444. The molecule has 1 saturated heterocycles. The number of benzene rings is 1. The number of morpholine rings is 1. The van der Waals surface area contributed by atoms with E-state index in [9.17, 15) is 13.2 Å². The van der Waals surface area contributed by atoms with Gasteiger partial charge in [-0.15, -0.1) is 0 Å². The lowest BCUT2D eigenvalue weighted by atomic mass is 10.1. The van der Waals surface area contributed by atoms with Crippen LogP contribution in [0.4, 0.5) is 30.5 Å². The zero-order valence-corrected chi connectivity index (χ0v) is 15.9. The predicted octanol–water partition coefficient (Wildman–Crippen LogP) is 1.63. The van der Waals surface area contributed by atoms with E-state index in [1.807, 2.05) is 30.3 Å². The largest absolute Gasteiger partial charge is 0.451 e. The summed E-state index contributed by atoms with van der Waals surface area (Å²) in [7, 11) is 0. The number of hydrogen-bond acceptors (Lipinski definition) is 8. The molecule has 0 saturated carbocycles. The Morgan fingerprint density at radius 1 is 1.24 bits per heavy atom. The van der Waals surface area contributed by atoms with Crippen molar-refractivity contribution in [2.75, 3.05) is 36.2 Å². The second kappa shape index (κ2) is 8.39. The van der Waals surface area contributed by atoms with Crippen molar-refractivity contribution in [3.05, 3.63) is 41.7 Å². The second-order valence-corrected chi connectivity index (χ2v) is 6.95. The Hall–Kier alpha value is -2.63. The average Bonchev–Trinajstić information content (AvgIpc) is 2.69. The van der Waals surface area contributed by atoms with Crippen LogP contribution in [0.1, 0.15) is 18.3 Å². The highest BCUT2D eigenvalue weighted by Gasteiger charge is 2.37. The van der Waals surface area contributed by atoms with Gasteiger partial charge >= 0.3 is 6.18 Å². The summed E-state index contributed by atoms with van der Waals surface area (Å²) in [5.41, 5.74) is 12.3. The maximum absolute atomic E-state index is 13.0.